The number of rotatable bonds is 2. The van der Waals surface area contributed by atoms with Gasteiger partial charge in [0, 0.05) is 11.8 Å². The highest BCUT2D eigenvalue weighted by Gasteiger charge is 2.03. The van der Waals surface area contributed by atoms with Crippen molar-refractivity contribution in [2.75, 3.05) is 0 Å². The van der Waals surface area contributed by atoms with Crippen molar-refractivity contribution in [3.05, 3.63) is 78.0 Å². The van der Waals surface area contributed by atoms with Gasteiger partial charge in [0.05, 0.1) is 5.69 Å². The zero-order chi connectivity index (χ0) is 13.9. The minimum atomic E-state index is 1.02. The van der Waals surface area contributed by atoms with Crippen LogP contribution < -0.4 is 0 Å². The van der Waals surface area contributed by atoms with Crippen molar-refractivity contribution in [2.24, 2.45) is 0 Å². The van der Waals surface area contributed by atoms with Crippen molar-refractivity contribution in [2.45, 2.75) is 13.8 Å². The number of hydrogen-bond acceptors (Lipinski definition) is 1. The molecule has 0 radical (unpaired) electrons. The van der Waals surface area contributed by atoms with Gasteiger partial charge in [-0.1, -0.05) is 59.7 Å². The number of hydrogen-bond donors (Lipinski definition) is 0. The topological polar surface area (TPSA) is 12.9 Å². The summed E-state index contributed by atoms with van der Waals surface area (Å²) in [7, 11) is 0. The summed E-state index contributed by atoms with van der Waals surface area (Å²) in [6.45, 7) is 4.27. The zero-order valence-corrected chi connectivity index (χ0v) is 11.8. The minimum Gasteiger partial charge on any atom is -0.256 e. The molecule has 0 spiro atoms. The highest BCUT2D eigenvalue weighted by molar-refractivity contribution is 5.71. The molecule has 0 saturated carbocycles. The molecule has 98 valence electrons. The maximum Gasteiger partial charge on any atom is 0.0708 e. The third-order valence-electron chi connectivity index (χ3n) is 3.38. The van der Waals surface area contributed by atoms with Gasteiger partial charge in [-0.25, -0.2) is 0 Å². The molecule has 1 heterocycles. The Morgan fingerprint density at radius 1 is 0.650 bits per heavy atom. The molecule has 0 aliphatic heterocycles. The van der Waals surface area contributed by atoms with Crippen molar-refractivity contribution < 1.29 is 0 Å². The maximum atomic E-state index is 4.48. The van der Waals surface area contributed by atoms with Crippen molar-refractivity contribution in [3.63, 3.8) is 0 Å². The molecule has 1 aromatic heterocycles. The van der Waals surface area contributed by atoms with Crippen molar-refractivity contribution in [1.29, 1.82) is 0 Å². The predicted octanol–water partition coefficient (Wildman–Crippen LogP) is 5.03. The van der Waals surface area contributed by atoms with Crippen LogP contribution in [0.1, 0.15) is 11.1 Å². The van der Waals surface area contributed by atoms with Gasteiger partial charge in [-0.05, 0) is 37.1 Å². The molecule has 0 aliphatic rings. The van der Waals surface area contributed by atoms with Crippen LogP contribution in [0.25, 0.3) is 22.4 Å². The number of pyridine rings is 1. The lowest BCUT2D eigenvalue weighted by Crippen LogP contribution is -1.87. The normalized spacial score (nSPS) is 10.5. The molecule has 0 bridgehead atoms. The fourth-order valence-electron chi connectivity index (χ4n) is 2.52. The van der Waals surface area contributed by atoms with E-state index in [1.54, 1.807) is 0 Å². The second-order valence-electron chi connectivity index (χ2n) is 5.17. The number of benzene rings is 2. The van der Waals surface area contributed by atoms with E-state index in [0.29, 0.717) is 0 Å². The smallest absolute Gasteiger partial charge is 0.0708 e. The molecule has 0 N–H and O–H groups in total. The van der Waals surface area contributed by atoms with E-state index in [2.05, 4.69) is 61.3 Å². The molecule has 0 aliphatic carbocycles. The van der Waals surface area contributed by atoms with Crippen LogP contribution in [-0.2, 0) is 0 Å². The van der Waals surface area contributed by atoms with Gasteiger partial charge in [0.1, 0.15) is 0 Å². The first-order valence-corrected chi connectivity index (χ1v) is 6.82. The summed E-state index contributed by atoms with van der Waals surface area (Å²) in [5.41, 5.74) is 7.21. The second kappa shape index (κ2) is 5.30. The summed E-state index contributed by atoms with van der Waals surface area (Å²) < 4.78 is 0. The van der Waals surface area contributed by atoms with Crippen LogP contribution in [0.3, 0.4) is 0 Å². The Morgan fingerprint density at radius 3 is 2.05 bits per heavy atom. The van der Waals surface area contributed by atoms with E-state index in [-0.39, 0.29) is 0 Å². The Labute approximate surface area is 119 Å². The van der Waals surface area contributed by atoms with Gasteiger partial charge in [-0.15, -0.1) is 0 Å². The van der Waals surface area contributed by atoms with Gasteiger partial charge >= 0.3 is 0 Å². The quantitative estimate of drug-likeness (QED) is 0.628. The summed E-state index contributed by atoms with van der Waals surface area (Å²) in [6, 6.07) is 21.2. The van der Waals surface area contributed by atoms with Crippen molar-refractivity contribution >= 4 is 0 Å². The molecule has 0 fully saturated rings. The molecule has 2 aromatic carbocycles. The van der Waals surface area contributed by atoms with E-state index >= 15 is 0 Å². The molecule has 20 heavy (non-hydrogen) atoms. The number of nitrogens with zero attached hydrogens (tertiary/aromatic N) is 1. The van der Waals surface area contributed by atoms with Gasteiger partial charge < -0.3 is 0 Å². The van der Waals surface area contributed by atoms with Crippen LogP contribution in [0, 0.1) is 13.8 Å². The lowest BCUT2D eigenvalue weighted by Gasteiger charge is -2.07. The predicted molar refractivity (Wildman–Crippen MR) is 84.6 cm³/mol. The van der Waals surface area contributed by atoms with Crippen LogP contribution >= 0.6 is 0 Å². The largest absolute Gasteiger partial charge is 0.256 e. The van der Waals surface area contributed by atoms with Gasteiger partial charge in [-0.3, -0.25) is 4.98 Å². The average molecular weight is 259 g/mol. The number of aromatic nitrogens is 1. The lowest BCUT2D eigenvalue weighted by atomic mass is 10.00. The fourth-order valence-corrected chi connectivity index (χ4v) is 2.52. The van der Waals surface area contributed by atoms with E-state index in [1.807, 2.05) is 24.4 Å². The Balaban J connectivity index is 2.07. The Bertz CT molecular complexity index is 710. The maximum absolute atomic E-state index is 4.48. The SMILES string of the molecule is Cc1cc(C)cc(-c2ccnc(-c3ccccc3)c2)c1. The molecule has 3 aromatic rings. The molecular formula is C19H17N. The van der Waals surface area contributed by atoms with Gasteiger partial charge in [0.2, 0.25) is 0 Å². The zero-order valence-electron chi connectivity index (χ0n) is 11.8. The first-order valence-electron chi connectivity index (χ1n) is 6.82. The average Bonchev–Trinajstić information content (AvgIpc) is 2.47. The third kappa shape index (κ3) is 2.62. The third-order valence-corrected chi connectivity index (χ3v) is 3.38. The molecule has 3 rings (SSSR count). The standard InChI is InChI=1S/C19H17N/c1-14-10-15(2)12-18(11-14)17-8-9-20-19(13-17)16-6-4-3-5-7-16/h3-13H,1-2H3. The summed E-state index contributed by atoms with van der Waals surface area (Å²) in [6.07, 6.45) is 1.88. The summed E-state index contributed by atoms with van der Waals surface area (Å²) in [4.78, 5) is 4.48. The molecule has 0 saturated heterocycles. The van der Waals surface area contributed by atoms with Crippen LogP contribution in [0.2, 0.25) is 0 Å². The van der Waals surface area contributed by atoms with E-state index < -0.39 is 0 Å². The Morgan fingerprint density at radius 2 is 1.35 bits per heavy atom. The first kappa shape index (κ1) is 12.6. The van der Waals surface area contributed by atoms with Crippen LogP contribution in [0.5, 0.6) is 0 Å². The fraction of sp³-hybridized carbons (Fsp3) is 0.105. The second-order valence-corrected chi connectivity index (χ2v) is 5.17. The molecule has 0 amide bonds. The molecule has 1 nitrogen and oxygen atoms in total. The van der Waals surface area contributed by atoms with Crippen LogP contribution in [-0.4, -0.2) is 4.98 Å². The molecule has 0 atom stereocenters. The molecule has 1 heteroatoms. The first-order chi connectivity index (χ1) is 9.72. The van der Waals surface area contributed by atoms with E-state index in [0.717, 1.165) is 11.3 Å². The van der Waals surface area contributed by atoms with Crippen molar-refractivity contribution in [3.8, 4) is 22.4 Å². The van der Waals surface area contributed by atoms with Crippen LogP contribution in [0.4, 0.5) is 0 Å². The summed E-state index contributed by atoms with van der Waals surface area (Å²) in [5.74, 6) is 0. The Hall–Kier alpha value is -2.41. The monoisotopic (exact) mass is 259 g/mol. The molecular weight excluding hydrogens is 242 g/mol. The Kier molecular flexibility index (Phi) is 3.34. The summed E-state index contributed by atoms with van der Waals surface area (Å²) in [5, 5.41) is 0. The van der Waals surface area contributed by atoms with Crippen molar-refractivity contribution in [1.82, 2.24) is 4.98 Å². The molecule has 0 unspecified atom stereocenters. The highest BCUT2D eigenvalue weighted by Crippen LogP contribution is 2.25. The lowest BCUT2D eigenvalue weighted by molar-refractivity contribution is 1.32. The minimum absolute atomic E-state index is 1.02. The van der Waals surface area contributed by atoms with Gasteiger partial charge in [-0.2, -0.15) is 0 Å². The van der Waals surface area contributed by atoms with Crippen LogP contribution in [0.15, 0.2) is 66.9 Å². The van der Waals surface area contributed by atoms with Gasteiger partial charge in [0.15, 0.2) is 0 Å². The van der Waals surface area contributed by atoms with E-state index in [9.17, 15) is 0 Å². The van der Waals surface area contributed by atoms with E-state index in [4.69, 9.17) is 0 Å². The van der Waals surface area contributed by atoms with E-state index in [1.165, 1.54) is 22.3 Å². The summed E-state index contributed by atoms with van der Waals surface area (Å²) >= 11 is 0. The number of aryl methyl sites for hydroxylation is 2. The van der Waals surface area contributed by atoms with Gasteiger partial charge in [0.25, 0.3) is 0 Å². The highest BCUT2D eigenvalue weighted by atomic mass is 14.7.